The lowest BCUT2D eigenvalue weighted by molar-refractivity contribution is 0.0996. The molecule has 3 rings (SSSR count). The number of aromatic amines is 1. The molecule has 0 atom stereocenters. The summed E-state index contributed by atoms with van der Waals surface area (Å²) in [5, 5.41) is 17.7. The Morgan fingerprint density at radius 3 is 2.45 bits per heavy atom. The number of aromatic nitrogens is 5. The van der Waals surface area contributed by atoms with Crippen LogP contribution in [0.4, 0.5) is 0 Å². The summed E-state index contributed by atoms with van der Waals surface area (Å²) in [6.45, 7) is 1.72. The van der Waals surface area contributed by atoms with E-state index in [-0.39, 0.29) is 5.69 Å². The van der Waals surface area contributed by atoms with Crippen LogP contribution in [0, 0.1) is 6.92 Å². The Labute approximate surface area is 113 Å². The number of nitrogens with one attached hydrogen (secondary N) is 1. The van der Waals surface area contributed by atoms with Crippen LogP contribution in [0.5, 0.6) is 0 Å². The van der Waals surface area contributed by atoms with Crippen molar-refractivity contribution in [1.82, 2.24) is 25.6 Å². The lowest BCUT2D eigenvalue weighted by atomic mass is 10.1. The molecule has 0 aliphatic carbocycles. The third kappa shape index (κ3) is 2.03. The van der Waals surface area contributed by atoms with Gasteiger partial charge in [-0.25, -0.2) is 0 Å². The highest BCUT2D eigenvalue weighted by atomic mass is 16.4. The highest BCUT2D eigenvalue weighted by Crippen LogP contribution is 2.24. The zero-order valence-corrected chi connectivity index (χ0v) is 10.5. The molecule has 0 aliphatic rings. The molecule has 3 N–H and O–H groups in total. The molecule has 1 aromatic carbocycles. The number of primary amides is 1. The van der Waals surface area contributed by atoms with Gasteiger partial charge in [-0.3, -0.25) is 4.79 Å². The average Bonchev–Trinajstić information content (AvgIpc) is 3.07. The summed E-state index contributed by atoms with van der Waals surface area (Å²) in [6, 6.07) is 7.14. The van der Waals surface area contributed by atoms with Gasteiger partial charge in [-0.15, -0.1) is 10.2 Å². The zero-order chi connectivity index (χ0) is 14.1. The van der Waals surface area contributed by atoms with Crippen LogP contribution in [-0.2, 0) is 0 Å². The smallest absolute Gasteiger partial charge is 0.271 e. The quantitative estimate of drug-likeness (QED) is 0.729. The number of amides is 1. The number of carbonyl (C=O) groups excluding carboxylic acids is 1. The summed E-state index contributed by atoms with van der Waals surface area (Å²) in [4.78, 5) is 11.2. The van der Waals surface area contributed by atoms with Gasteiger partial charge < -0.3 is 10.2 Å². The number of aryl methyl sites for hydroxylation is 1. The van der Waals surface area contributed by atoms with Gasteiger partial charge in [0.15, 0.2) is 5.69 Å². The van der Waals surface area contributed by atoms with Crippen LogP contribution >= 0.6 is 0 Å². The molecule has 0 saturated heterocycles. The average molecular weight is 270 g/mol. The van der Waals surface area contributed by atoms with Gasteiger partial charge in [-0.05, 0) is 12.1 Å². The minimum absolute atomic E-state index is 0.103. The molecule has 2 aromatic heterocycles. The van der Waals surface area contributed by atoms with E-state index in [0.29, 0.717) is 23.0 Å². The minimum atomic E-state index is -0.634. The van der Waals surface area contributed by atoms with Gasteiger partial charge in [0.25, 0.3) is 5.91 Å². The highest BCUT2D eigenvalue weighted by molar-refractivity contribution is 5.96. The van der Waals surface area contributed by atoms with Gasteiger partial charge in [-0.2, -0.15) is 15.4 Å². The summed E-state index contributed by atoms with van der Waals surface area (Å²) in [7, 11) is 0. The van der Waals surface area contributed by atoms with Crippen molar-refractivity contribution < 1.29 is 9.21 Å². The summed E-state index contributed by atoms with van der Waals surface area (Å²) < 4.78 is 5.33. The SMILES string of the molecule is Cc1nnc(-c2ccc(-c3n[nH]nc3C(N)=O)cc2)o1. The van der Waals surface area contributed by atoms with Crippen LogP contribution in [0.15, 0.2) is 28.7 Å². The topological polar surface area (TPSA) is 124 Å². The van der Waals surface area contributed by atoms with Crippen molar-refractivity contribution in [3.8, 4) is 22.7 Å². The number of hydrogen-bond acceptors (Lipinski definition) is 6. The van der Waals surface area contributed by atoms with Crippen molar-refractivity contribution in [3.05, 3.63) is 35.9 Å². The van der Waals surface area contributed by atoms with E-state index in [1.54, 1.807) is 31.2 Å². The van der Waals surface area contributed by atoms with Crippen LogP contribution in [0.3, 0.4) is 0 Å². The van der Waals surface area contributed by atoms with Crippen molar-refractivity contribution in [1.29, 1.82) is 0 Å². The third-order valence-corrected chi connectivity index (χ3v) is 2.71. The Hall–Kier alpha value is -3.03. The van der Waals surface area contributed by atoms with E-state index in [4.69, 9.17) is 10.2 Å². The van der Waals surface area contributed by atoms with Crippen LogP contribution < -0.4 is 5.73 Å². The molecular weight excluding hydrogens is 260 g/mol. The molecule has 20 heavy (non-hydrogen) atoms. The van der Waals surface area contributed by atoms with Crippen molar-refractivity contribution in [2.45, 2.75) is 6.92 Å². The van der Waals surface area contributed by atoms with Gasteiger partial charge in [0.2, 0.25) is 11.8 Å². The van der Waals surface area contributed by atoms with Gasteiger partial charge >= 0.3 is 0 Å². The van der Waals surface area contributed by atoms with Crippen molar-refractivity contribution in [2.24, 2.45) is 5.73 Å². The Kier molecular flexibility index (Phi) is 2.75. The molecule has 0 spiro atoms. The summed E-state index contributed by atoms with van der Waals surface area (Å²) in [6.07, 6.45) is 0. The number of rotatable bonds is 3. The van der Waals surface area contributed by atoms with Gasteiger partial charge in [0.1, 0.15) is 5.69 Å². The first-order valence-electron chi connectivity index (χ1n) is 5.76. The summed E-state index contributed by atoms with van der Waals surface area (Å²) in [5.74, 6) is 0.297. The number of nitrogens with two attached hydrogens (primary N) is 1. The second kappa shape index (κ2) is 4.57. The molecule has 3 aromatic rings. The normalized spacial score (nSPS) is 10.7. The van der Waals surface area contributed by atoms with Crippen LogP contribution in [-0.4, -0.2) is 31.5 Å². The Bertz CT molecular complexity index is 758. The maximum Gasteiger partial charge on any atom is 0.271 e. The number of hydrogen-bond donors (Lipinski definition) is 2. The fourth-order valence-corrected chi connectivity index (χ4v) is 1.79. The number of benzene rings is 1. The molecule has 0 saturated carbocycles. The standard InChI is InChI=1S/C12H10N6O2/c1-6-14-17-12(20-6)8-4-2-7(3-5-8)9-10(11(13)19)16-18-15-9/h2-5H,1H3,(H2,13,19)(H,15,16,18). The molecule has 2 heterocycles. The summed E-state index contributed by atoms with van der Waals surface area (Å²) in [5.41, 5.74) is 7.23. The van der Waals surface area contributed by atoms with Crippen LogP contribution in [0.25, 0.3) is 22.7 Å². The fourth-order valence-electron chi connectivity index (χ4n) is 1.79. The van der Waals surface area contributed by atoms with E-state index < -0.39 is 5.91 Å². The molecule has 8 nitrogen and oxygen atoms in total. The Balaban J connectivity index is 1.97. The van der Waals surface area contributed by atoms with E-state index in [1.807, 2.05) is 0 Å². The Morgan fingerprint density at radius 2 is 1.85 bits per heavy atom. The lowest BCUT2D eigenvalue weighted by Gasteiger charge is -1.99. The minimum Gasteiger partial charge on any atom is -0.421 e. The van der Waals surface area contributed by atoms with E-state index in [1.165, 1.54) is 0 Å². The molecule has 1 amide bonds. The number of carbonyl (C=O) groups is 1. The van der Waals surface area contributed by atoms with Crippen LogP contribution in [0.2, 0.25) is 0 Å². The molecule has 100 valence electrons. The molecule has 0 bridgehead atoms. The van der Waals surface area contributed by atoms with E-state index in [2.05, 4.69) is 25.6 Å². The maximum absolute atomic E-state index is 11.2. The van der Waals surface area contributed by atoms with Crippen LogP contribution in [0.1, 0.15) is 16.4 Å². The predicted molar refractivity (Wildman–Crippen MR) is 68.4 cm³/mol. The van der Waals surface area contributed by atoms with Gasteiger partial charge in [0, 0.05) is 18.1 Å². The third-order valence-electron chi connectivity index (χ3n) is 2.71. The van der Waals surface area contributed by atoms with E-state index in [9.17, 15) is 4.79 Å². The summed E-state index contributed by atoms with van der Waals surface area (Å²) >= 11 is 0. The first kappa shape index (κ1) is 12.0. The second-order valence-electron chi connectivity index (χ2n) is 4.09. The van der Waals surface area contributed by atoms with Gasteiger partial charge in [0.05, 0.1) is 0 Å². The molecule has 0 unspecified atom stereocenters. The number of nitrogens with zero attached hydrogens (tertiary/aromatic N) is 4. The van der Waals surface area contributed by atoms with Crippen molar-refractivity contribution >= 4 is 5.91 Å². The monoisotopic (exact) mass is 270 g/mol. The maximum atomic E-state index is 11.2. The van der Waals surface area contributed by atoms with Crippen molar-refractivity contribution in [2.75, 3.05) is 0 Å². The van der Waals surface area contributed by atoms with Gasteiger partial charge in [-0.1, -0.05) is 12.1 Å². The zero-order valence-electron chi connectivity index (χ0n) is 10.5. The first-order valence-corrected chi connectivity index (χ1v) is 5.76. The first-order chi connectivity index (χ1) is 9.65. The molecule has 0 aliphatic heterocycles. The highest BCUT2D eigenvalue weighted by Gasteiger charge is 2.15. The molecular formula is C12H10N6O2. The molecule has 0 fully saturated rings. The molecule has 8 heteroatoms. The van der Waals surface area contributed by atoms with E-state index in [0.717, 1.165) is 5.56 Å². The second-order valence-corrected chi connectivity index (χ2v) is 4.09. The predicted octanol–water partition coefficient (Wildman–Crippen LogP) is 0.929. The van der Waals surface area contributed by atoms with E-state index >= 15 is 0 Å². The molecule has 0 radical (unpaired) electrons. The number of H-pyrrole nitrogens is 1. The largest absolute Gasteiger partial charge is 0.421 e. The fraction of sp³-hybridized carbons (Fsp3) is 0.0833. The lowest BCUT2D eigenvalue weighted by Crippen LogP contribution is -2.12. The van der Waals surface area contributed by atoms with Crippen molar-refractivity contribution in [3.63, 3.8) is 0 Å². The Morgan fingerprint density at radius 1 is 1.15 bits per heavy atom.